The number of H-pyrrole nitrogens is 1. The zero-order valence-electron chi connectivity index (χ0n) is 19.4. The number of carbonyl (C=O) groups is 2. The minimum atomic E-state index is -0.424. The maximum absolute atomic E-state index is 13.0. The van der Waals surface area contributed by atoms with Gasteiger partial charge < -0.3 is 10.3 Å². The van der Waals surface area contributed by atoms with E-state index in [0.717, 1.165) is 45.6 Å². The van der Waals surface area contributed by atoms with Crippen LogP contribution in [0.5, 0.6) is 0 Å². The van der Waals surface area contributed by atoms with Crippen molar-refractivity contribution in [2.75, 3.05) is 10.6 Å². The molecule has 2 aromatic heterocycles. The number of nitrogens with zero attached hydrogens (tertiary/aromatic N) is 2. The van der Waals surface area contributed by atoms with Crippen LogP contribution in [0.25, 0.3) is 0 Å². The van der Waals surface area contributed by atoms with Crippen molar-refractivity contribution in [3.05, 3.63) is 78.2 Å². The van der Waals surface area contributed by atoms with E-state index in [-0.39, 0.29) is 11.7 Å². The van der Waals surface area contributed by atoms with Crippen LogP contribution in [0.2, 0.25) is 0 Å². The van der Waals surface area contributed by atoms with Gasteiger partial charge in [-0.2, -0.15) is 0 Å². The zero-order chi connectivity index (χ0) is 24.7. The number of Topliss-reactive ketones (excluding diaryl/α,β-unsaturated/α-hetero) is 1. The highest BCUT2D eigenvalue weighted by Crippen LogP contribution is 2.38. The van der Waals surface area contributed by atoms with Crippen molar-refractivity contribution < 1.29 is 9.59 Å². The van der Waals surface area contributed by atoms with Crippen LogP contribution in [-0.2, 0) is 5.75 Å². The Morgan fingerprint density at radius 3 is 2.58 bits per heavy atom. The Balaban J connectivity index is 1.30. The van der Waals surface area contributed by atoms with Gasteiger partial charge >= 0.3 is 6.03 Å². The van der Waals surface area contributed by atoms with Crippen molar-refractivity contribution in [1.82, 2.24) is 15.0 Å². The number of carbonyl (C=O) groups excluding carboxylic acids is 2. The van der Waals surface area contributed by atoms with Crippen molar-refractivity contribution >= 4 is 57.5 Å². The van der Waals surface area contributed by atoms with Gasteiger partial charge in [0, 0.05) is 34.5 Å². The number of benzene rings is 2. The van der Waals surface area contributed by atoms with Crippen molar-refractivity contribution in [2.45, 2.75) is 45.7 Å². The fraction of sp³-hybridized carbons (Fsp3) is 0.231. The number of aromatic nitrogens is 3. The van der Waals surface area contributed by atoms with Crippen LogP contribution in [0.4, 0.5) is 15.6 Å². The number of rotatable bonds is 9. The number of nitrogens with one attached hydrogen (secondary N) is 3. The molecule has 4 aromatic rings. The second-order valence-corrected chi connectivity index (χ2v) is 11.6. The van der Waals surface area contributed by atoms with E-state index < -0.39 is 6.03 Å². The lowest BCUT2D eigenvalue weighted by molar-refractivity contribution is 0.0923. The van der Waals surface area contributed by atoms with Crippen LogP contribution in [-0.4, -0.2) is 26.8 Å². The molecule has 10 heteroatoms. The van der Waals surface area contributed by atoms with Gasteiger partial charge in [-0.05, 0) is 48.9 Å². The Morgan fingerprint density at radius 1 is 1.03 bits per heavy atom. The first-order valence-electron chi connectivity index (χ1n) is 11.7. The minimum absolute atomic E-state index is 0.0424. The maximum Gasteiger partial charge on any atom is 0.325 e. The fourth-order valence-electron chi connectivity index (χ4n) is 4.09. The van der Waals surface area contributed by atoms with Gasteiger partial charge in [-0.3, -0.25) is 10.1 Å². The lowest BCUT2D eigenvalue weighted by atomic mass is 9.95. The van der Waals surface area contributed by atoms with Gasteiger partial charge in [0.2, 0.25) is 0 Å². The topological polar surface area (TPSA) is 99.8 Å². The molecule has 0 atom stereocenters. The predicted molar refractivity (Wildman–Crippen MR) is 146 cm³/mol. The van der Waals surface area contributed by atoms with E-state index in [9.17, 15) is 9.59 Å². The smallest absolute Gasteiger partial charge is 0.325 e. The third-order valence-corrected chi connectivity index (χ3v) is 9.00. The molecule has 7 nitrogen and oxygen atoms in total. The fourth-order valence-corrected chi connectivity index (χ4v) is 7.14. The quantitative estimate of drug-likeness (QED) is 0.153. The molecule has 2 amide bonds. The number of para-hydroxylation sites is 1. The Labute approximate surface area is 221 Å². The van der Waals surface area contributed by atoms with Gasteiger partial charge in [-0.1, -0.05) is 54.5 Å². The molecule has 3 N–H and O–H groups in total. The van der Waals surface area contributed by atoms with E-state index in [1.165, 1.54) is 23.1 Å². The number of urea groups is 1. The minimum Gasteiger partial charge on any atom is -0.339 e. The lowest BCUT2D eigenvalue weighted by Gasteiger charge is -2.13. The van der Waals surface area contributed by atoms with Gasteiger partial charge in [0.25, 0.3) is 0 Å². The summed E-state index contributed by atoms with van der Waals surface area (Å²) in [6, 6.07) is 16.9. The van der Waals surface area contributed by atoms with Crippen LogP contribution in [0.1, 0.15) is 41.7 Å². The molecule has 0 radical (unpaired) electrons. The number of anilines is 2. The number of hydrogen-bond acceptors (Lipinski definition) is 7. The van der Waals surface area contributed by atoms with Gasteiger partial charge in [0.05, 0.1) is 15.6 Å². The number of aromatic amines is 1. The highest BCUT2D eigenvalue weighted by Gasteiger charge is 2.26. The number of imidazole rings is 1. The molecule has 0 unspecified atom stereocenters. The Morgan fingerprint density at radius 2 is 1.81 bits per heavy atom. The predicted octanol–water partition coefficient (Wildman–Crippen LogP) is 7.33. The second-order valence-electron chi connectivity index (χ2n) is 8.32. The molecule has 0 spiro atoms. The Bertz CT molecular complexity index is 1320. The highest BCUT2D eigenvalue weighted by atomic mass is 32.2. The summed E-state index contributed by atoms with van der Waals surface area (Å²) >= 11 is 4.58. The van der Waals surface area contributed by atoms with Crippen LogP contribution >= 0.6 is 34.9 Å². The molecule has 0 bridgehead atoms. The molecule has 2 aromatic carbocycles. The maximum atomic E-state index is 13.0. The van der Waals surface area contributed by atoms with E-state index >= 15 is 0 Å². The highest BCUT2D eigenvalue weighted by molar-refractivity contribution is 8.01. The number of thioether (sulfide) groups is 1. The molecular formula is C26H25N5O2S3. The summed E-state index contributed by atoms with van der Waals surface area (Å²) in [5.41, 5.74) is 1.96. The van der Waals surface area contributed by atoms with E-state index in [4.69, 9.17) is 4.98 Å². The molecule has 0 saturated heterocycles. The zero-order valence-corrected chi connectivity index (χ0v) is 21.8. The van der Waals surface area contributed by atoms with Gasteiger partial charge in [-0.25, -0.2) is 14.8 Å². The van der Waals surface area contributed by atoms with Crippen molar-refractivity contribution in [2.24, 2.45) is 5.92 Å². The average Bonchev–Trinajstić information content (AvgIpc) is 3.67. The van der Waals surface area contributed by atoms with Crippen molar-refractivity contribution in [1.29, 1.82) is 0 Å². The molecule has 5 rings (SSSR count). The SMILES string of the molecule is O=C(Nc1nc(CSc2ccccc2)c(Sc2ncc[nH]2)s1)Nc1ccccc1C(=O)C1CCCC1. The molecule has 2 heterocycles. The first kappa shape index (κ1) is 24.6. The largest absolute Gasteiger partial charge is 0.339 e. The molecule has 1 aliphatic rings. The Kier molecular flexibility index (Phi) is 8.04. The average molecular weight is 536 g/mol. The van der Waals surface area contributed by atoms with Crippen LogP contribution < -0.4 is 10.6 Å². The Hall–Kier alpha value is -3.08. The third-order valence-electron chi connectivity index (χ3n) is 5.83. The number of hydrogen-bond donors (Lipinski definition) is 3. The van der Waals surface area contributed by atoms with E-state index in [1.54, 1.807) is 36.3 Å². The number of ketones is 1. The van der Waals surface area contributed by atoms with Gasteiger partial charge in [0.1, 0.15) is 0 Å². The number of thiazole rings is 1. The summed E-state index contributed by atoms with van der Waals surface area (Å²) in [7, 11) is 0. The number of amides is 2. The molecule has 36 heavy (non-hydrogen) atoms. The summed E-state index contributed by atoms with van der Waals surface area (Å²) in [5, 5.41) is 6.97. The normalized spacial score (nSPS) is 13.6. The van der Waals surface area contributed by atoms with E-state index in [2.05, 4.69) is 32.7 Å². The summed E-state index contributed by atoms with van der Waals surface area (Å²) in [5.74, 6) is 0.807. The van der Waals surface area contributed by atoms with Crippen molar-refractivity contribution in [3.63, 3.8) is 0 Å². The first-order chi connectivity index (χ1) is 17.7. The molecule has 1 aliphatic carbocycles. The summed E-state index contributed by atoms with van der Waals surface area (Å²) < 4.78 is 0.959. The van der Waals surface area contributed by atoms with Crippen LogP contribution in [0.15, 0.2) is 81.3 Å². The third kappa shape index (κ3) is 6.18. The molecule has 184 valence electrons. The van der Waals surface area contributed by atoms with Crippen LogP contribution in [0.3, 0.4) is 0 Å². The molecular weight excluding hydrogens is 511 g/mol. The summed E-state index contributed by atoms with van der Waals surface area (Å²) in [6.45, 7) is 0. The monoisotopic (exact) mass is 535 g/mol. The first-order valence-corrected chi connectivity index (χ1v) is 14.3. The summed E-state index contributed by atoms with van der Waals surface area (Å²) in [6.07, 6.45) is 7.48. The van der Waals surface area contributed by atoms with E-state index in [0.29, 0.717) is 22.1 Å². The van der Waals surface area contributed by atoms with E-state index in [1.807, 2.05) is 30.3 Å². The van der Waals surface area contributed by atoms with Gasteiger partial charge in [0.15, 0.2) is 16.1 Å². The molecule has 1 saturated carbocycles. The van der Waals surface area contributed by atoms with Crippen LogP contribution in [0, 0.1) is 5.92 Å². The van der Waals surface area contributed by atoms with Crippen molar-refractivity contribution in [3.8, 4) is 0 Å². The summed E-state index contributed by atoms with van der Waals surface area (Å²) in [4.78, 5) is 39.2. The molecule has 1 fully saturated rings. The second kappa shape index (κ2) is 11.8. The van der Waals surface area contributed by atoms with Gasteiger partial charge in [-0.15, -0.1) is 11.8 Å². The standard InChI is InChI=1S/C26H25N5O2S3/c32-22(17-8-4-5-9-17)19-12-6-7-13-20(19)29-24(33)31-26-30-21(16-34-18-10-2-1-3-11-18)23(36-26)35-25-27-14-15-28-25/h1-3,6-7,10-15,17H,4-5,8-9,16H2,(H,27,28)(H2,29,30,31,33). The molecule has 0 aliphatic heterocycles. The lowest BCUT2D eigenvalue weighted by Crippen LogP contribution is -2.22.